The van der Waals surface area contributed by atoms with Crippen molar-refractivity contribution in [2.24, 2.45) is 0 Å². The minimum Gasteiger partial charge on any atom is -0.504 e. The van der Waals surface area contributed by atoms with Gasteiger partial charge in [0.15, 0.2) is 30.4 Å². The lowest BCUT2D eigenvalue weighted by Gasteiger charge is -2.48. The third-order valence-electron chi connectivity index (χ3n) is 7.75. The first-order valence-corrected chi connectivity index (χ1v) is 13.8. The number of ether oxygens (including phenoxy) is 6. The number of benzene rings is 1. The second-order valence-corrected chi connectivity index (χ2v) is 10.7. The van der Waals surface area contributed by atoms with Gasteiger partial charge >= 0.3 is 0 Å². The molecule has 17 nitrogen and oxygen atoms in total. The van der Waals surface area contributed by atoms with Crippen molar-refractivity contribution >= 4 is 0 Å². The molecule has 0 radical (unpaired) electrons. The van der Waals surface area contributed by atoms with E-state index in [1.165, 1.54) is 19.1 Å². The number of hydrogen-bond acceptors (Lipinski definition) is 17. The highest BCUT2D eigenvalue weighted by Gasteiger charge is 2.53. The topological polar surface area (TPSA) is 278 Å². The van der Waals surface area contributed by atoms with E-state index in [-0.39, 0.29) is 24.5 Å². The minimum absolute atomic E-state index is 0.0718. The number of rotatable bonds is 10. The van der Waals surface area contributed by atoms with Gasteiger partial charge in [0.25, 0.3) is 0 Å². The maximum Gasteiger partial charge on any atom is 0.187 e. The molecule has 0 aromatic heterocycles. The van der Waals surface area contributed by atoms with Crippen molar-refractivity contribution in [3.05, 3.63) is 23.8 Å². The Bertz CT molecular complexity index is 1030. The van der Waals surface area contributed by atoms with Crippen LogP contribution in [0.1, 0.15) is 12.5 Å². The normalized spacial score (nSPS) is 43.9. The summed E-state index contributed by atoms with van der Waals surface area (Å²) >= 11 is 0. The molecule has 3 fully saturated rings. The lowest BCUT2D eigenvalue weighted by Crippen LogP contribution is -2.66. The third-order valence-corrected chi connectivity index (χ3v) is 7.75. The van der Waals surface area contributed by atoms with E-state index in [2.05, 4.69) is 0 Å². The Kier molecular flexibility index (Phi) is 11.5. The summed E-state index contributed by atoms with van der Waals surface area (Å²) in [6.45, 7) is -0.147. The molecule has 0 saturated carbocycles. The van der Waals surface area contributed by atoms with Crippen LogP contribution >= 0.6 is 0 Å². The minimum atomic E-state index is -1.87. The van der Waals surface area contributed by atoms with Gasteiger partial charge in [0.1, 0.15) is 67.1 Å². The highest BCUT2D eigenvalue weighted by Crippen LogP contribution is 2.33. The molecule has 11 N–H and O–H groups in total. The van der Waals surface area contributed by atoms with E-state index >= 15 is 0 Å². The lowest BCUT2D eigenvalue weighted by atomic mass is 9.96. The Morgan fingerprint density at radius 1 is 0.628 bits per heavy atom. The van der Waals surface area contributed by atoms with Crippen LogP contribution in [0.5, 0.6) is 11.5 Å². The molecule has 3 aliphatic heterocycles. The molecule has 17 heteroatoms. The average Bonchev–Trinajstić information content (AvgIpc) is 2.98. The molecule has 15 atom stereocenters. The van der Waals surface area contributed by atoms with Gasteiger partial charge in [-0.25, -0.2) is 0 Å². The van der Waals surface area contributed by atoms with Crippen LogP contribution in [0.25, 0.3) is 0 Å². The Hall–Kier alpha value is -1.78. The van der Waals surface area contributed by atoms with Gasteiger partial charge in [0, 0.05) is 0 Å². The summed E-state index contributed by atoms with van der Waals surface area (Å²) in [7, 11) is 0. The van der Waals surface area contributed by atoms with E-state index in [4.69, 9.17) is 28.4 Å². The van der Waals surface area contributed by atoms with E-state index in [0.717, 1.165) is 0 Å². The van der Waals surface area contributed by atoms with Crippen molar-refractivity contribution in [1.29, 1.82) is 0 Å². The van der Waals surface area contributed by atoms with E-state index in [0.29, 0.717) is 5.56 Å². The number of aliphatic hydroxyl groups excluding tert-OH is 9. The smallest absolute Gasteiger partial charge is 0.187 e. The Labute approximate surface area is 245 Å². The van der Waals surface area contributed by atoms with Gasteiger partial charge < -0.3 is 84.6 Å². The molecule has 246 valence electrons. The number of aliphatic hydroxyl groups is 9. The quantitative estimate of drug-likeness (QED) is 0.109. The van der Waals surface area contributed by atoms with Crippen molar-refractivity contribution < 1.29 is 84.6 Å². The van der Waals surface area contributed by atoms with Crippen LogP contribution < -0.4 is 0 Å². The summed E-state index contributed by atoms with van der Waals surface area (Å²) in [5.41, 5.74) is 0.581. The maximum absolute atomic E-state index is 11.0. The second-order valence-electron chi connectivity index (χ2n) is 10.7. The maximum atomic E-state index is 11.0. The summed E-state index contributed by atoms with van der Waals surface area (Å²) in [4.78, 5) is 0. The van der Waals surface area contributed by atoms with E-state index in [1.807, 2.05) is 0 Å². The fourth-order valence-corrected chi connectivity index (χ4v) is 5.12. The summed E-state index contributed by atoms with van der Waals surface area (Å²) in [6, 6.07) is 4.15. The molecule has 0 bridgehead atoms. The van der Waals surface area contributed by atoms with Crippen molar-refractivity contribution in [3.63, 3.8) is 0 Å². The molecule has 3 saturated heterocycles. The summed E-state index contributed by atoms with van der Waals surface area (Å²) in [5.74, 6) is -0.640. The molecule has 4 rings (SSSR count). The van der Waals surface area contributed by atoms with Crippen LogP contribution in [-0.2, 0) is 34.8 Å². The zero-order chi connectivity index (χ0) is 31.6. The number of hydrogen-bond donors (Lipinski definition) is 11. The predicted octanol–water partition coefficient (Wildman–Crippen LogP) is -4.87. The van der Waals surface area contributed by atoms with Crippen LogP contribution in [0.4, 0.5) is 0 Å². The summed E-state index contributed by atoms with van der Waals surface area (Å²) in [6.07, 6.45) is -23.7. The van der Waals surface area contributed by atoms with Crippen LogP contribution in [0, 0.1) is 0 Å². The van der Waals surface area contributed by atoms with E-state index in [9.17, 15) is 56.2 Å². The summed E-state index contributed by atoms with van der Waals surface area (Å²) < 4.78 is 33.6. The molecule has 0 aliphatic carbocycles. The molecule has 3 aliphatic rings. The van der Waals surface area contributed by atoms with Gasteiger partial charge in [-0.15, -0.1) is 0 Å². The molecule has 1 aromatic rings. The van der Waals surface area contributed by atoms with Gasteiger partial charge in [-0.05, 0) is 31.0 Å². The first-order chi connectivity index (χ1) is 20.4. The van der Waals surface area contributed by atoms with Gasteiger partial charge in [-0.1, -0.05) is 6.07 Å². The molecule has 43 heavy (non-hydrogen) atoms. The SMILES string of the molecule is C[C@@H]1O[C@@H](O[C@@H]2[C@@H](O)[C@H](OCCc3ccc(O)c(O)c3)O[C@H](CO)[C@H]2O)[C@H](O[C@@H]2O[C@H](CO)[C@H](O)[C@H](O)[C@H]2O)[C@H](O)[C@H]1O. The molecule has 0 amide bonds. The van der Waals surface area contributed by atoms with Crippen molar-refractivity contribution in [2.75, 3.05) is 19.8 Å². The zero-order valence-electron chi connectivity index (χ0n) is 23.1. The number of phenols is 2. The fourth-order valence-electron chi connectivity index (χ4n) is 5.12. The van der Waals surface area contributed by atoms with Gasteiger partial charge in [0.2, 0.25) is 0 Å². The van der Waals surface area contributed by atoms with Crippen molar-refractivity contribution in [2.45, 2.75) is 105 Å². The van der Waals surface area contributed by atoms with Gasteiger partial charge in [-0.2, -0.15) is 0 Å². The monoisotopic (exact) mass is 624 g/mol. The first kappa shape index (κ1) is 34.1. The van der Waals surface area contributed by atoms with Gasteiger partial charge in [-0.3, -0.25) is 0 Å². The molecular weight excluding hydrogens is 584 g/mol. The van der Waals surface area contributed by atoms with Crippen LogP contribution in [-0.4, -0.2) is 168 Å². The molecule has 0 spiro atoms. The highest BCUT2D eigenvalue weighted by atomic mass is 16.8. The lowest BCUT2D eigenvalue weighted by molar-refractivity contribution is -0.386. The Morgan fingerprint density at radius 3 is 1.91 bits per heavy atom. The van der Waals surface area contributed by atoms with Crippen LogP contribution in [0.15, 0.2) is 18.2 Å². The van der Waals surface area contributed by atoms with Gasteiger partial charge in [0.05, 0.1) is 25.9 Å². The molecule has 3 heterocycles. The molecular formula is C26H40O17. The van der Waals surface area contributed by atoms with Crippen LogP contribution in [0.3, 0.4) is 0 Å². The zero-order valence-corrected chi connectivity index (χ0v) is 23.1. The van der Waals surface area contributed by atoms with Crippen molar-refractivity contribution in [3.8, 4) is 11.5 Å². The summed E-state index contributed by atoms with van der Waals surface area (Å²) in [5, 5.41) is 112. The van der Waals surface area contributed by atoms with Crippen molar-refractivity contribution in [1.82, 2.24) is 0 Å². The predicted molar refractivity (Wildman–Crippen MR) is 137 cm³/mol. The average molecular weight is 625 g/mol. The highest BCUT2D eigenvalue weighted by molar-refractivity contribution is 5.40. The number of phenolic OH excluding ortho intramolecular Hbond substituents is 2. The molecule has 0 unspecified atom stereocenters. The fraction of sp³-hybridized carbons (Fsp3) is 0.769. The van der Waals surface area contributed by atoms with Crippen LogP contribution in [0.2, 0.25) is 0 Å². The first-order valence-electron chi connectivity index (χ1n) is 13.8. The third kappa shape index (κ3) is 7.38. The largest absolute Gasteiger partial charge is 0.504 e. The Balaban J connectivity index is 1.49. The standard InChI is InChI=1S/C26H40O17/c1-9-15(31)19(35)23(43-25-20(36)18(34)16(32)13(7-27)41-25)26(39-9)42-22-17(33)14(8-28)40-24(21(22)37)38-5-4-10-2-3-11(29)12(30)6-10/h2-3,6,9,13-37H,4-5,7-8H2,1H3/t9-,13+,14+,15-,16-,17+,18-,19+,20+,21+,22-,23+,24+,25-,26-/m0/s1. The second kappa shape index (κ2) is 14.5. The molecule has 1 aromatic carbocycles. The Morgan fingerprint density at radius 2 is 1.26 bits per heavy atom. The number of aromatic hydroxyl groups is 2. The van der Waals surface area contributed by atoms with E-state index in [1.54, 1.807) is 6.07 Å². The van der Waals surface area contributed by atoms with E-state index < -0.39 is 105 Å².